The highest BCUT2D eigenvalue weighted by Gasteiger charge is 2.43. The van der Waals surface area contributed by atoms with Crippen molar-refractivity contribution in [1.29, 1.82) is 0 Å². The van der Waals surface area contributed by atoms with Gasteiger partial charge in [0.1, 0.15) is 5.69 Å². The predicted octanol–water partition coefficient (Wildman–Crippen LogP) is 3.03. The maximum Gasteiger partial charge on any atom is 0.391 e. The Labute approximate surface area is 102 Å². The molecule has 0 amide bonds. The summed E-state index contributed by atoms with van der Waals surface area (Å²) in [5, 5.41) is 0. The molecular formula is C12H13F3N2O. The molecule has 0 bridgehead atoms. The summed E-state index contributed by atoms with van der Waals surface area (Å²) in [6.45, 7) is 0. The normalized spacial score (nSPS) is 24.8. The second kappa shape index (κ2) is 5.04. The van der Waals surface area contributed by atoms with Crippen LogP contribution in [-0.2, 0) is 0 Å². The number of ketones is 1. The summed E-state index contributed by atoms with van der Waals surface area (Å²) < 4.78 is 37.9. The van der Waals surface area contributed by atoms with E-state index in [1.807, 2.05) is 0 Å². The van der Waals surface area contributed by atoms with Crippen molar-refractivity contribution in [1.82, 2.24) is 9.97 Å². The lowest BCUT2D eigenvalue weighted by atomic mass is 9.78. The Kier molecular flexibility index (Phi) is 3.63. The van der Waals surface area contributed by atoms with Crippen LogP contribution in [0.15, 0.2) is 18.6 Å². The van der Waals surface area contributed by atoms with Crippen LogP contribution in [0.5, 0.6) is 0 Å². The van der Waals surface area contributed by atoms with Gasteiger partial charge in [-0.25, -0.2) is 4.98 Å². The van der Waals surface area contributed by atoms with Gasteiger partial charge in [-0.05, 0) is 19.3 Å². The molecule has 1 fully saturated rings. The highest BCUT2D eigenvalue weighted by molar-refractivity contribution is 5.95. The zero-order valence-electron chi connectivity index (χ0n) is 9.65. The lowest BCUT2D eigenvalue weighted by Gasteiger charge is -2.29. The lowest BCUT2D eigenvalue weighted by molar-refractivity contribution is -0.184. The highest BCUT2D eigenvalue weighted by atomic mass is 19.4. The minimum Gasteiger partial charge on any atom is -0.292 e. The van der Waals surface area contributed by atoms with Gasteiger partial charge in [0.15, 0.2) is 5.78 Å². The molecule has 1 aromatic heterocycles. The molecule has 98 valence electrons. The van der Waals surface area contributed by atoms with Crippen molar-refractivity contribution in [3.63, 3.8) is 0 Å². The van der Waals surface area contributed by atoms with Gasteiger partial charge in [-0.15, -0.1) is 0 Å². The number of Topliss-reactive ketones (excluding diaryl/α,β-unsaturated/α-hetero) is 1. The lowest BCUT2D eigenvalue weighted by Crippen LogP contribution is -2.32. The third-order valence-corrected chi connectivity index (χ3v) is 3.32. The van der Waals surface area contributed by atoms with Crippen LogP contribution in [0.1, 0.15) is 36.2 Å². The number of nitrogens with zero attached hydrogens (tertiary/aromatic N) is 2. The fourth-order valence-electron chi connectivity index (χ4n) is 2.36. The van der Waals surface area contributed by atoms with Gasteiger partial charge < -0.3 is 0 Å². The molecule has 1 aliphatic carbocycles. The summed E-state index contributed by atoms with van der Waals surface area (Å²) in [4.78, 5) is 19.6. The number of carbonyl (C=O) groups excluding carboxylic acids is 1. The molecule has 0 aromatic carbocycles. The number of rotatable bonds is 2. The van der Waals surface area contributed by atoms with Gasteiger partial charge in [0, 0.05) is 18.3 Å². The van der Waals surface area contributed by atoms with E-state index in [0.717, 1.165) is 0 Å². The van der Waals surface area contributed by atoms with E-state index in [-0.39, 0.29) is 24.3 Å². The van der Waals surface area contributed by atoms with Crippen molar-refractivity contribution in [3.8, 4) is 0 Å². The second-order valence-corrected chi connectivity index (χ2v) is 4.56. The number of carbonyl (C=O) groups is 1. The highest BCUT2D eigenvalue weighted by Crippen LogP contribution is 2.40. The molecule has 1 heterocycles. The van der Waals surface area contributed by atoms with Crippen molar-refractivity contribution < 1.29 is 18.0 Å². The molecule has 1 aliphatic rings. The number of aromatic nitrogens is 2. The summed E-state index contributed by atoms with van der Waals surface area (Å²) in [7, 11) is 0. The quantitative estimate of drug-likeness (QED) is 0.766. The van der Waals surface area contributed by atoms with Crippen molar-refractivity contribution in [2.45, 2.75) is 31.9 Å². The molecule has 1 saturated carbocycles. The zero-order valence-corrected chi connectivity index (χ0v) is 9.65. The van der Waals surface area contributed by atoms with E-state index < -0.39 is 18.0 Å². The summed E-state index contributed by atoms with van der Waals surface area (Å²) in [5.41, 5.74) is 0.158. The van der Waals surface area contributed by atoms with E-state index in [9.17, 15) is 18.0 Å². The zero-order chi connectivity index (χ0) is 13.2. The van der Waals surface area contributed by atoms with Crippen LogP contribution in [0.4, 0.5) is 13.2 Å². The minimum atomic E-state index is -4.21. The Bertz CT molecular complexity index is 419. The van der Waals surface area contributed by atoms with Gasteiger partial charge >= 0.3 is 6.18 Å². The van der Waals surface area contributed by atoms with Gasteiger partial charge in [0.25, 0.3) is 0 Å². The molecule has 6 heteroatoms. The van der Waals surface area contributed by atoms with Crippen LogP contribution in [0, 0.1) is 11.8 Å². The fraction of sp³-hybridized carbons (Fsp3) is 0.583. The molecule has 3 nitrogen and oxygen atoms in total. The Morgan fingerprint density at radius 1 is 1.28 bits per heavy atom. The first-order valence-electron chi connectivity index (χ1n) is 5.85. The Hall–Kier alpha value is -1.46. The minimum absolute atomic E-state index is 0.119. The summed E-state index contributed by atoms with van der Waals surface area (Å²) in [6.07, 6.45) is 0.823. The van der Waals surface area contributed by atoms with E-state index in [1.54, 1.807) is 0 Å². The smallest absolute Gasteiger partial charge is 0.292 e. The Balaban J connectivity index is 2.08. The number of hydrogen-bond donors (Lipinski definition) is 0. The van der Waals surface area contributed by atoms with Crippen LogP contribution in [0.25, 0.3) is 0 Å². The first-order chi connectivity index (χ1) is 8.48. The van der Waals surface area contributed by atoms with E-state index in [0.29, 0.717) is 12.8 Å². The van der Waals surface area contributed by atoms with Crippen LogP contribution in [0.3, 0.4) is 0 Å². The standard InChI is InChI=1S/C12H13F3N2O/c13-12(14,15)9-3-1-2-8(6-9)11(18)10-7-16-4-5-17-10/h4-5,7-9H,1-3,6H2. The molecule has 1 aromatic rings. The monoisotopic (exact) mass is 258 g/mol. The van der Waals surface area contributed by atoms with Crippen LogP contribution in [-0.4, -0.2) is 21.9 Å². The molecule has 18 heavy (non-hydrogen) atoms. The molecule has 0 radical (unpaired) electrons. The van der Waals surface area contributed by atoms with Gasteiger partial charge in [0.05, 0.1) is 12.1 Å². The molecule has 2 atom stereocenters. The van der Waals surface area contributed by atoms with E-state index >= 15 is 0 Å². The van der Waals surface area contributed by atoms with Crippen molar-refractivity contribution >= 4 is 5.78 Å². The van der Waals surface area contributed by atoms with Crippen LogP contribution >= 0.6 is 0 Å². The van der Waals surface area contributed by atoms with Crippen LogP contribution < -0.4 is 0 Å². The molecule has 0 aliphatic heterocycles. The van der Waals surface area contributed by atoms with Gasteiger partial charge in [-0.2, -0.15) is 13.2 Å². The number of hydrogen-bond acceptors (Lipinski definition) is 3. The first-order valence-corrected chi connectivity index (χ1v) is 5.85. The van der Waals surface area contributed by atoms with Crippen molar-refractivity contribution in [2.75, 3.05) is 0 Å². The SMILES string of the molecule is O=C(c1cnccn1)C1CCCC(C(F)(F)F)C1. The number of halogens is 3. The average Bonchev–Trinajstić information content (AvgIpc) is 2.38. The molecular weight excluding hydrogens is 245 g/mol. The van der Waals surface area contributed by atoms with Crippen molar-refractivity contribution in [2.24, 2.45) is 11.8 Å². The largest absolute Gasteiger partial charge is 0.391 e. The topological polar surface area (TPSA) is 42.9 Å². The predicted molar refractivity (Wildman–Crippen MR) is 57.9 cm³/mol. The molecule has 0 spiro atoms. The van der Waals surface area contributed by atoms with E-state index in [1.165, 1.54) is 18.6 Å². The maximum atomic E-state index is 12.6. The third-order valence-electron chi connectivity index (χ3n) is 3.32. The van der Waals surface area contributed by atoms with Gasteiger partial charge in [-0.1, -0.05) is 6.42 Å². The van der Waals surface area contributed by atoms with Crippen molar-refractivity contribution in [3.05, 3.63) is 24.3 Å². The maximum absolute atomic E-state index is 12.6. The third kappa shape index (κ3) is 2.86. The Morgan fingerprint density at radius 2 is 2.06 bits per heavy atom. The van der Waals surface area contributed by atoms with Gasteiger partial charge in [0.2, 0.25) is 0 Å². The Morgan fingerprint density at radius 3 is 2.67 bits per heavy atom. The second-order valence-electron chi connectivity index (χ2n) is 4.56. The molecule has 2 rings (SSSR count). The summed E-state index contributed by atoms with van der Waals surface area (Å²) >= 11 is 0. The summed E-state index contributed by atoms with van der Waals surface area (Å²) in [6, 6.07) is 0. The average molecular weight is 258 g/mol. The van der Waals surface area contributed by atoms with Gasteiger partial charge in [-0.3, -0.25) is 9.78 Å². The summed E-state index contributed by atoms with van der Waals surface area (Å²) in [5.74, 6) is -2.27. The molecule has 2 unspecified atom stereocenters. The van der Waals surface area contributed by atoms with E-state index in [4.69, 9.17) is 0 Å². The molecule has 0 N–H and O–H groups in total. The van der Waals surface area contributed by atoms with E-state index in [2.05, 4.69) is 9.97 Å². The van der Waals surface area contributed by atoms with Crippen LogP contribution in [0.2, 0.25) is 0 Å². The number of alkyl halides is 3. The first kappa shape index (κ1) is 13.0. The fourth-order valence-corrected chi connectivity index (χ4v) is 2.36. The molecule has 0 saturated heterocycles.